The number of halogens is 1. The molecule has 6 heteroatoms. The van der Waals surface area contributed by atoms with Gasteiger partial charge in [-0.15, -0.1) is 11.3 Å². The zero-order valence-electron chi connectivity index (χ0n) is 13.9. The summed E-state index contributed by atoms with van der Waals surface area (Å²) in [6.45, 7) is 2.35. The summed E-state index contributed by atoms with van der Waals surface area (Å²) in [5.41, 5.74) is 2.60. The lowest BCUT2D eigenvalue weighted by molar-refractivity contribution is 0.306. The lowest BCUT2D eigenvalue weighted by atomic mass is 10.1. The summed E-state index contributed by atoms with van der Waals surface area (Å²) in [7, 11) is 0. The molecule has 130 valence electrons. The number of aromatic nitrogens is 1. The van der Waals surface area contributed by atoms with Crippen LogP contribution < -0.4 is 10.2 Å². The molecule has 0 spiro atoms. The third kappa shape index (κ3) is 3.43. The van der Waals surface area contributed by atoms with Crippen LogP contribution in [0.5, 0.6) is 5.75 Å². The molecule has 0 atom stereocenters. The van der Waals surface area contributed by atoms with Gasteiger partial charge in [-0.05, 0) is 36.8 Å². The molecule has 2 aromatic heterocycles. The second-order valence-electron chi connectivity index (χ2n) is 5.80. The van der Waals surface area contributed by atoms with E-state index in [0.29, 0.717) is 34.6 Å². The molecule has 0 fully saturated rings. The Morgan fingerprint density at radius 1 is 1.19 bits per heavy atom. The van der Waals surface area contributed by atoms with E-state index >= 15 is 0 Å². The van der Waals surface area contributed by atoms with E-state index < -0.39 is 0 Å². The summed E-state index contributed by atoms with van der Waals surface area (Å²) in [5.74, 6) is 0.654. The third-order valence-electron chi connectivity index (χ3n) is 3.96. The Labute approximate surface area is 162 Å². The van der Waals surface area contributed by atoms with Gasteiger partial charge in [0.1, 0.15) is 24.2 Å². The summed E-state index contributed by atoms with van der Waals surface area (Å²) in [4.78, 5) is 17.1. The van der Waals surface area contributed by atoms with Gasteiger partial charge in [0.25, 0.3) is 0 Å². The van der Waals surface area contributed by atoms with E-state index in [1.165, 1.54) is 17.6 Å². The number of fused-ring (bicyclic) bond motifs is 1. The summed E-state index contributed by atoms with van der Waals surface area (Å²) in [6, 6.07) is 13.2. The van der Waals surface area contributed by atoms with Gasteiger partial charge in [0.2, 0.25) is 5.43 Å². The van der Waals surface area contributed by atoms with Crippen molar-refractivity contribution in [1.29, 1.82) is 0 Å². The zero-order chi connectivity index (χ0) is 18.1. The maximum atomic E-state index is 12.7. The van der Waals surface area contributed by atoms with E-state index in [4.69, 9.17) is 9.15 Å². The average Bonchev–Trinajstić information content (AvgIpc) is 3.07. The van der Waals surface area contributed by atoms with Crippen LogP contribution in [-0.4, -0.2) is 4.98 Å². The predicted molar refractivity (Wildman–Crippen MR) is 107 cm³/mol. The first kappa shape index (κ1) is 17.0. The second kappa shape index (κ2) is 7.05. The molecule has 4 aromatic rings. The molecule has 2 aromatic carbocycles. The van der Waals surface area contributed by atoms with Crippen LogP contribution in [-0.2, 0) is 6.61 Å². The molecular weight excluding hydrogens is 414 g/mol. The van der Waals surface area contributed by atoms with Gasteiger partial charge in [-0.1, -0.05) is 28.1 Å². The third-order valence-corrected chi connectivity index (χ3v) is 5.26. The first-order valence-corrected chi connectivity index (χ1v) is 9.63. The number of rotatable bonds is 4. The lowest BCUT2D eigenvalue weighted by Gasteiger charge is -2.07. The number of hydrogen-bond donors (Lipinski definition) is 0. The molecule has 26 heavy (non-hydrogen) atoms. The van der Waals surface area contributed by atoms with Crippen molar-refractivity contribution in [3.8, 4) is 17.0 Å². The van der Waals surface area contributed by atoms with Crippen molar-refractivity contribution in [2.24, 2.45) is 0 Å². The molecule has 4 nitrogen and oxygen atoms in total. The van der Waals surface area contributed by atoms with Crippen LogP contribution >= 0.6 is 27.3 Å². The molecule has 0 saturated carbocycles. The highest BCUT2D eigenvalue weighted by molar-refractivity contribution is 9.10. The molecule has 0 radical (unpaired) electrons. The van der Waals surface area contributed by atoms with Crippen molar-refractivity contribution < 1.29 is 9.15 Å². The number of aryl methyl sites for hydroxylation is 1. The quantitative estimate of drug-likeness (QED) is 0.427. The van der Waals surface area contributed by atoms with Crippen LogP contribution in [0, 0.1) is 6.92 Å². The van der Waals surface area contributed by atoms with E-state index in [1.807, 2.05) is 36.6 Å². The van der Waals surface area contributed by atoms with Crippen LogP contribution in [0.25, 0.3) is 22.2 Å². The minimum atomic E-state index is -0.0870. The maximum absolute atomic E-state index is 12.7. The SMILES string of the molecule is Cc1nc(-c2coc3cc(OCc4ccc(Br)cc4)ccc3c2=O)cs1. The van der Waals surface area contributed by atoms with Gasteiger partial charge in [-0.25, -0.2) is 4.98 Å². The van der Waals surface area contributed by atoms with Gasteiger partial charge in [-0.2, -0.15) is 0 Å². The number of nitrogens with zero attached hydrogens (tertiary/aromatic N) is 1. The molecule has 0 amide bonds. The summed E-state index contributed by atoms with van der Waals surface area (Å²) < 4.78 is 12.5. The summed E-state index contributed by atoms with van der Waals surface area (Å²) >= 11 is 4.92. The van der Waals surface area contributed by atoms with Gasteiger partial charge in [0.05, 0.1) is 21.7 Å². The Hall–Kier alpha value is -2.44. The summed E-state index contributed by atoms with van der Waals surface area (Å²) in [6.07, 6.45) is 1.47. The van der Waals surface area contributed by atoms with E-state index in [9.17, 15) is 4.79 Å². The molecule has 0 unspecified atom stereocenters. The molecular formula is C20H14BrNO3S. The molecule has 0 aliphatic carbocycles. The molecule has 0 saturated heterocycles. The number of ether oxygens (including phenoxy) is 1. The smallest absolute Gasteiger partial charge is 0.202 e. The maximum Gasteiger partial charge on any atom is 0.202 e. The van der Waals surface area contributed by atoms with E-state index in [-0.39, 0.29) is 5.43 Å². The highest BCUT2D eigenvalue weighted by Crippen LogP contribution is 2.24. The normalized spacial score (nSPS) is 11.0. The molecule has 0 aliphatic heterocycles. The Morgan fingerprint density at radius 3 is 2.73 bits per heavy atom. The minimum Gasteiger partial charge on any atom is -0.489 e. The topological polar surface area (TPSA) is 52.3 Å². The van der Waals surface area contributed by atoms with Crippen molar-refractivity contribution in [2.45, 2.75) is 13.5 Å². The van der Waals surface area contributed by atoms with Crippen molar-refractivity contribution in [3.05, 3.63) is 79.4 Å². The Morgan fingerprint density at radius 2 is 2.00 bits per heavy atom. The van der Waals surface area contributed by atoms with Crippen LogP contribution in [0.2, 0.25) is 0 Å². The Balaban J connectivity index is 1.61. The first-order valence-electron chi connectivity index (χ1n) is 7.95. The highest BCUT2D eigenvalue weighted by Gasteiger charge is 2.12. The van der Waals surface area contributed by atoms with Crippen LogP contribution in [0.4, 0.5) is 0 Å². The predicted octanol–water partition coefficient (Wildman–Crippen LogP) is 5.57. The van der Waals surface area contributed by atoms with Gasteiger partial charge >= 0.3 is 0 Å². The minimum absolute atomic E-state index is 0.0870. The monoisotopic (exact) mass is 427 g/mol. The van der Waals surface area contributed by atoms with Crippen LogP contribution in [0.15, 0.2) is 67.8 Å². The molecule has 4 rings (SSSR count). The van der Waals surface area contributed by atoms with E-state index in [1.54, 1.807) is 18.2 Å². The highest BCUT2D eigenvalue weighted by atomic mass is 79.9. The van der Waals surface area contributed by atoms with E-state index in [2.05, 4.69) is 20.9 Å². The van der Waals surface area contributed by atoms with E-state index in [0.717, 1.165) is 15.0 Å². The summed E-state index contributed by atoms with van der Waals surface area (Å²) in [5, 5.41) is 3.30. The fraction of sp³-hybridized carbons (Fsp3) is 0.100. The molecule has 0 aliphatic rings. The van der Waals surface area contributed by atoms with Crippen LogP contribution in [0.1, 0.15) is 10.6 Å². The fourth-order valence-corrected chi connectivity index (χ4v) is 3.49. The van der Waals surface area contributed by atoms with Crippen LogP contribution in [0.3, 0.4) is 0 Å². The zero-order valence-corrected chi connectivity index (χ0v) is 16.3. The van der Waals surface area contributed by atoms with Gasteiger partial charge in [0.15, 0.2) is 0 Å². The fourth-order valence-electron chi connectivity index (χ4n) is 2.61. The molecule has 0 N–H and O–H groups in total. The Bertz CT molecular complexity index is 1130. The van der Waals surface area contributed by atoms with Gasteiger partial charge in [-0.3, -0.25) is 4.79 Å². The lowest BCUT2D eigenvalue weighted by Crippen LogP contribution is -2.05. The molecule has 0 bridgehead atoms. The number of thiazole rings is 1. The average molecular weight is 428 g/mol. The largest absolute Gasteiger partial charge is 0.489 e. The number of hydrogen-bond acceptors (Lipinski definition) is 5. The standard InChI is InChI=1S/C20H14BrNO3S/c1-12-22-18(11-26-12)17-10-25-19-8-15(6-7-16(19)20(17)23)24-9-13-2-4-14(21)5-3-13/h2-8,10-11H,9H2,1H3. The van der Waals surface area contributed by atoms with Gasteiger partial charge in [0, 0.05) is 15.9 Å². The van der Waals surface area contributed by atoms with Crippen molar-refractivity contribution >= 4 is 38.2 Å². The van der Waals surface area contributed by atoms with Crippen molar-refractivity contribution in [3.63, 3.8) is 0 Å². The van der Waals surface area contributed by atoms with Gasteiger partial charge < -0.3 is 9.15 Å². The number of benzene rings is 2. The second-order valence-corrected chi connectivity index (χ2v) is 7.78. The Kier molecular flexibility index (Phi) is 4.61. The van der Waals surface area contributed by atoms with Crippen molar-refractivity contribution in [2.75, 3.05) is 0 Å². The first-order chi connectivity index (χ1) is 12.6. The van der Waals surface area contributed by atoms with Crippen molar-refractivity contribution in [1.82, 2.24) is 4.98 Å². The molecule has 2 heterocycles.